The molecule has 1 saturated heterocycles. The van der Waals surface area contributed by atoms with Gasteiger partial charge < -0.3 is 14.6 Å². The summed E-state index contributed by atoms with van der Waals surface area (Å²) in [6.45, 7) is 1.85. The average Bonchev–Trinajstić information content (AvgIpc) is 3.15. The SMILES string of the molecule is N#C/C(=C\c1ccc(N2CCCCC2)o1)C(=O)Nc1cccc([N+](=O)[O-])c1. The smallest absolute Gasteiger partial charge is 0.271 e. The van der Waals surface area contributed by atoms with Crippen LogP contribution in [-0.4, -0.2) is 23.9 Å². The monoisotopic (exact) mass is 366 g/mol. The third kappa shape index (κ3) is 4.52. The van der Waals surface area contributed by atoms with Gasteiger partial charge >= 0.3 is 0 Å². The molecule has 8 heteroatoms. The number of non-ortho nitro benzene ring substituents is 1. The van der Waals surface area contributed by atoms with Gasteiger partial charge in [0.25, 0.3) is 11.6 Å². The number of amides is 1. The Hall–Kier alpha value is -3.60. The number of rotatable bonds is 5. The van der Waals surface area contributed by atoms with E-state index >= 15 is 0 Å². The number of furan rings is 1. The highest BCUT2D eigenvalue weighted by atomic mass is 16.6. The molecule has 1 aromatic carbocycles. The second kappa shape index (κ2) is 8.19. The molecule has 0 unspecified atom stereocenters. The highest BCUT2D eigenvalue weighted by Gasteiger charge is 2.16. The molecule has 2 heterocycles. The molecule has 0 radical (unpaired) electrons. The molecule has 1 aromatic heterocycles. The van der Waals surface area contributed by atoms with Crippen LogP contribution in [0.4, 0.5) is 17.3 Å². The van der Waals surface area contributed by atoms with Crippen LogP contribution in [0.15, 0.2) is 46.4 Å². The molecule has 0 saturated carbocycles. The number of anilines is 2. The molecular formula is C19H18N4O4. The van der Waals surface area contributed by atoms with Crippen molar-refractivity contribution in [3.05, 3.63) is 57.8 Å². The first-order valence-electron chi connectivity index (χ1n) is 8.59. The quantitative estimate of drug-likeness (QED) is 0.373. The molecule has 1 aliphatic heterocycles. The molecule has 0 atom stereocenters. The van der Waals surface area contributed by atoms with Gasteiger partial charge in [0.05, 0.1) is 4.92 Å². The van der Waals surface area contributed by atoms with Crippen molar-refractivity contribution in [2.24, 2.45) is 0 Å². The molecule has 0 aliphatic carbocycles. The third-order valence-electron chi connectivity index (χ3n) is 4.25. The maximum Gasteiger partial charge on any atom is 0.271 e. The highest BCUT2D eigenvalue weighted by Crippen LogP contribution is 2.24. The number of hydrogen-bond donors (Lipinski definition) is 1. The lowest BCUT2D eigenvalue weighted by atomic mass is 10.1. The zero-order chi connectivity index (χ0) is 19.2. The lowest BCUT2D eigenvalue weighted by molar-refractivity contribution is -0.384. The summed E-state index contributed by atoms with van der Waals surface area (Å²) in [6, 6.07) is 10.9. The summed E-state index contributed by atoms with van der Waals surface area (Å²) in [5.41, 5.74) is -0.0580. The number of hydrogen-bond acceptors (Lipinski definition) is 6. The van der Waals surface area contributed by atoms with Gasteiger partial charge in [-0.2, -0.15) is 5.26 Å². The Morgan fingerprint density at radius 3 is 2.74 bits per heavy atom. The van der Waals surface area contributed by atoms with Gasteiger partial charge in [-0.3, -0.25) is 14.9 Å². The summed E-state index contributed by atoms with van der Waals surface area (Å²) in [5, 5.41) is 22.6. The van der Waals surface area contributed by atoms with Crippen molar-refractivity contribution in [3.8, 4) is 6.07 Å². The van der Waals surface area contributed by atoms with Crippen molar-refractivity contribution in [2.45, 2.75) is 19.3 Å². The molecule has 8 nitrogen and oxygen atoms in total. The van der Waals surface area contributed by atoms with Gasteiger partial charge in [-0.1, -0.05) is 6.07 Å². The standard InChI is InChI=1S/C19H18N4O4/c20-13-14(19(24)21-15-5-4-6-16(12-15)23(25)26)11-17-7-8-18(27-17)22-9-2-1-3-10-22/h4-8,11-12H,1-3,9-10H2,(H,21,24)/b14-11+. The summed E-state index contributed by atoms with van der Waals surface area (Å²) in [4.78, 5) is 24.7. The maximum absolute atomic E-state index is 12.3. The van der Waals surface area contributed by atoms with Gasteiger partial charge in [-0.25, -0.2) is 0 Å². The molecule has 1 amide bonds. The Kier molecular flexibility index (Phi) is 5.52. The van der Waals surface area contributed by atoms with Gasteiger partial charge in [0.1, 0.15) is 17.4 Å². The largest absolute Gasteiger partial charge is 0.441 e. The Bertz CT molecular complexity index is 920. The second-order valence-corrected chi connectivity index (χ2v) is 6.16. The van der Waals surface area contributed by atoms with Crippen molar-refractivity contribution >= 4 is 29.2 Å². The molecule has 0 spiro atoms. The minimum atomic E-state index is -0.658. The van der Waals surface area contributed by atoms with Crippen molar-refractivity contribution in [3.63, 3.8) is 0 Å². The number of nitro benzene ring substituents is 1. The summed E-state index contributed by atoms with van der Waals surface area (Å²) < 4.78 is 5.74. The van der Waals surface area contributed by atoms with Crippen LogP contribution in [0.3, 0.4) is 0 Å². The molecule has 1 fully saturated rings. The first kappa shape index (κ1) is 18.2. The predicted octanol–water partition coefficient (Wildman–Crippen LogP) is 3.72. The topological polar surface area (TPSA) is 112 Å². The molecule has 27 heavy (non-hydrogen) atoms. The number of nitrogens with zero attached hydrogens (tertiary/aromatic N) is 3. The second-order valence-electron chi connectivity index (χ2n) is 6.16. The van der Waals surface area contributed by atoms with Crippen LogP contribution >= 0.6 is 0 Å². The molecule has 0 bridgehead atoms. The van der Waals surface area contributed by atoms with Crippen LogP contribution in [-0.2, 0) is 4.79 Å². The van der Waals surface area contributed by atoms with E-state index in [1.165, 1.54) is 36.8 Å². The number of carbonyl (C=O) groups excluding carboxylic acids is 1. The van der Waals surface area contributed by atoms with E-state index in [1.54, 1.807) is 6.07 Å². The summed E-state index contributed by atoms with van der Waals surface area (Å²) in [6.07, 6.45) is 4.79. The Labute approximate surface area is 155 Å². The van der Waals surface area contributed by atoms with Crippen LogP contribution in [0.5, 0.6) is 0 Å². The van der Waals surface area contributed by atoms with E-state index in [2.05, 4.69) is 10.2 Å². The number of nitro groups is 1. The minimum Gasteiger partial charge on any atom is -0.441 e. The van der Waals surface area contributed by atoms with Crippen LogP contribution < -0.4 is 10.2 Å². The van der Waals surface area contributed by atoms with E-state index < -0.39 is 10.8 Å². The summed E-state index contributed by atoms with van der Waals surface area (Å²) in [7, 11) is 0. The van der Waals surface area contributed by atoms with Gasteiger partial charge in [-0.15, -0.1) is 0 Å². The molecule has 3 rings (SSSR count). The molecule has 1 aliphatic rings. The van der Waals surface area contributed by atoms with Crippen LogP contribution in [0.2, 0.25) is 0 Å². The van der Waals surface area contributed by atoms with Gasteiger partial charge in [0, 0.05) is 43.1 Å². The Morgan fingerprint density at radius 2 is 2.04 bits per heavy atom. The Balaban J connectivity index is 1.73. The normalized spacial score (nSPS) is 14.5. The van der Waals surface area contributed by atoms with Crippen LogP contribution in [0.25, 0.3) is 6.08 Å². The first-order chi connectivity index (χ1) is 13.1. The third-order valence-corrected chi connectivity index (χ3v) is 4.25. The number of carbonyl (C=O) groups is 1. The minimum absolute atomic E-state index is 0.146. The molecule has 138 valence electrons. The molecular weight excluding hydrogens is 348 g/mol. The number of nitrogens with one attached hydrogen (secondary N) is 1. The molecule has 2 aromatic rings. The predicted molar refractivity (Wildman–Crippen MR) is 100 cm³/mol. The van der Waals surface area contributed by atoms with Crippen LogP contribution in [0.1, 0.15) is 25.0 Å². The lowest BCUT2D eigenvalue weighted by Gasteiger charge is -2.25. The average molecular weight is 366 g/mol. The zero-order valence-corrected chi connectivity index (χ0v) is 14.6. The summed E-state index contributed by atoms with van der Waals surface area (Å²) >= 11 is 0. The number of piperidine rings is 1. The maximum atomic E-state index is 12.3. The van der Waals surface area contributed by atoms with E-state index in [0.29, 0.717) is 5.76 Å². The van der Waals surface area contributed by atoms with Crippen LogP contribution in [0, 0.1) is 21.4 Å². The molecule has 1 N–H and O–H groups in total. The summed E-state index contributed by atoms with van der Waals surface area (Å²) in [5.74, 6) is 0.465. The van der Waals surface area contributed by atoms with Crippen molar-refractivity contribution in [1.29, 1.82) is 5.26 Å². The van der Waals surface area contributed by atoms with E-state index in [1.807, 2.05) is 12.1 Å². The number of nitriles is 1. The Morgan fingerprint density at radius 1 is 1.26 bits per heavy atom. The van der Waals surface area contributed by atoms with Crippen molar-refractivity contribution < 1.29 is 14.1 Å². The fourth-order valence-electron chi connectivity index (χ4n) is 2.89. The van der Waals surface area contributed by atoms with Gasteiger partial charge in [-0.05, 0) is 31.4 Å². The number of benzene rings is 1. The van der Waals surface area contributed by atoms with E-state index in [0.717, 1.165) is 31.8 Å². The zero-order valence-electron chi connectivity index (χ0n) is 14.6. The van der Waals surface area contributed by atoms with Crippen molar-refractivity contribution in [2.75, 3.05) is 23.3 Å². The fourth-order valence-corrected chi connectivity index (χ4v) is 2.89. The fraction of sp³-hybridized carbons (Fsp3) is 0.263. The van der Waals surface area contributed by atoms with Gasteiger partial charge in [0.2, 0.25) is 0 Å². The van der Waals surface area contributed by atoms with E-state index in [4.69, 9.17) is 4.42 Å². The van der Waals surface area contributed by atoms with E-state index in [9.17, 15) is 20.2 Å². The highest BCUT2D eigenvalue weighted by molar-refractivity contribution is 6.09. The van der Waals surface area contributed by atoms with Gasteiger partial charge in [0.15, 0.2) is 5.88 Å². The van der Waals surface area contributed by atoms with Crippen molar-refractivity contribution in [1.82, 2.24) is 0 Å². The van der Waals surface area contributed by atoms with E-state index in [-0.39, 0.29) is 16.9 Å². The first-order valence-corrected chi connectivity index (χ1v) is 8.59. The lowest BCUT2D eigenvalue weighted by Crippen LogP contribution is -2.28.